The molecule has 0 saturated carbocycles. The molecule has 0 aliphatic rings. The third-order valence-corrected chi connectivity index (χ3v) is 3.46. The molecule has 0 aromatic heterocycles. The van der Waals surface area contributed by atoms with Crippen LogP contribution in [0.15, 0.2) is 47.4 Å². The first-order valence-electron chi connectivity index (χ1n) is 5.44. The lowest BCUT2D eigenvalue weighted by Crippen LogP contribution is -1.91. The molecule has 18 heavy (non-hydrogen) atoms. The van der Waals surface area contributed by atoms with Gasteiger partial charge in [-0.05, 0) is 48.7 Å². The van der Waals surface area contributed by atoms with Crippen LogP contribution in [0.25, 0.3) is 0 Å². The van der Waals surface area contributed by atoms with Crippen molar-refractivity contribution in [3.8, 4) is 11.5 Å². The molecular formula is C14H13ClO2S. The van der Waals surface area contributed by atoms with Crippen LogP contribution in [0.2, 0.25) is 5.02 Å². The molecule has 2 aromatic rings. The van der Waals surface area contributed by atoms with Gasteiger partial charge in [0.2, 0.25) is 0 Å². The number of thioether (sulfide) groups is 1. The van der Waals surface area contributed by atoms with E-state index >= 15 is 0 Å². The van der Waals surface area contributed by atoms with Crippen LogP contribution in [-0.4, -0.2) is 11.4 Å². The maximum Gasteiger partial charge on any atom is 0.133 e. The predicted molar refractivity (Wildman–Crippen MR) is 75.7 cm³/mol. The second-order valence-corrected chi connectivity index (χ2v) is 5.00. The minimum Gasteiger partial charge on any atom is -0.457 e. The molecule has 0 radical (unpaired) electrons. The van der Waals surface area contributed by atoms with E-state index in [0.717, 1.165) is 5.75 Å². The minimum absolute atomic E-state index is 0.0984. The fraction of sp³-hybridized carbons (Fsp3) is 0.143. The van der Waals surface area contributed by atoms with Crippen molar-refractivity contribution < 1.29 is 9.84 Å². The van der Waals surface area contributed by atoms with Crippen LogP contribution < -0.4 is 4.74 Å². The summed E-state index contributed by atoms with van der Waals surface area (Å²) in [6, 6.07) is 13.0. The summed E-state index contributed by atoms with van der Waals surface area (Å²) in [6.45, 7) is -0.0984. The van der Waals surface area contributed by atoms with E-state index in [1.807, 2.05) is 30.5 Å². The lowest BCUT2D eigenvalue weighted by molar-refractivity contribution is 0.276. The smallest absolute Gasteiger partial charge is 0.133 e. The zero-order chi connectivity index (χ0) is 13.0. The van der Waals surface area contributed by atoms with Gasteiger partial charge in [-0.15, -0.1) is 11.8 Å². The van der Waals surface area contributed by atoms with Gasteiger partial charge in [-0.2, -0.15) is 0 Å². The first kappa shape index (κ1) is 13.3. The van der Waals surface area contributed by atoms with Crippen molar-refractivity contribution in [2.45, 2.75) is 11.5 Å². The predicted octanol–water partition coefficient (Wildman–Crippen LogP) is 4.35. The van der Waals surface area contributed by atoms with Crippen molar-refractivity contribution in [3.63, 3.8) is 0 Å². The van der Waals surface area contributed by atoms with Crippen LogP contribution in [0.5, 0.6) is 11.5 Å². The summed E-state index contributed by atoms with van der Waals surface area (Å²) in [7, 11) is 0. The highest BCUT2D eigenvalue weighted by Crippen LogP contribution is 2.29. The number of aliphatic hydroxyl groups excluding tert-OH is 1. The zero-order valence-electron chi connectivity index (χ0n) is 9.89. The molecule has 0 fully saturated rings. The van der Waals surface area contributed by atoms with Gasteiger partial charge in [0.15, 0.2) is 0 Å². The summed E-state index contributed by atoms with van der Waals surface area (Å²) in [6.07, 6.45) is 2.03. The quantitative estimate of drug-likeness (QED) is 0.845. The lowest BCUT2D eigenvalue weighted by atomic mass is 10.2. The summed E-state index contributed by atoms with van der Waals surface area (Å²) in [5, 5.41) is 9.85. The average Bonchev–Trinajstić information content (AvgIpc) is 2.41. The molecular weight excluding hydrogens is 268 g/mol. The highest BCUT2D eigenvalue weighted by molar-refractivity contribution is 7.98. The van der Waals surface area contributed by atoms with Gasteiger partial charge in [0, 0.05) is 15.5 Å². The Kier molecular flexibility index (Phi) is 4.53. The Bertz CT molecular complexity index is 526. The van der Waals surface area contributed by atoms with Crippen LogP contribution in [0.3, 0.4) is 0 Å². The van der Waals surface area contributed by atoms with Gasteiger partial charge in [-0.25, -0.2) is 0 Å². The fourth-order valence-corrected chi connectivity index (χ4v) is 2.14. The summed E-state index contributed by atoms with van der Waals surface area (Å²) in [5.74, 6) is 1.36. The minimum atomic E-state index is -0.0984. The summed E-state index contributed by atoms with van der Waals surface area (Å²) < 4.78 is 5.73. The highest BCUT2D eigenvalue weighted by Gasteiger charge is 2.05. The third-order valence-electron chi connectivity index (χ3n) is 2.48. The van der Waals surface area contributed by atoms with Crippen LogP contribution in [0, 0.1) is 0 Å². The summed E-state index contributed by atoms with van der Waals surface area (Å²) >= 11 is 7.55. The van der Waals surface area contributed by atoms with Gasteiger partial charge in [-0.1, -0.05) is 11.6 Å². The first-order chi connectivity index (χ1) is 8.72. The van der Waals surface area contributed by atoms with Crippen molar-refractivity contribution >= 4 is 23.4 Å². The molecule has 0 atom stereocenters. The van der Waals surface area contributed by atoms with Crippen molar-refractivity contribution in [3.05, 3.63) is 53.1 Å². The van der Waals surface area contributed by atoms with E-state index in [0.29, 0.717) is 16.3 Å². The van der Waals surface area contributed by atoms with Crippen molar-refractivity contribution in [1.29, 1.82) is 0 Å². The van der Waals surface area contributed by atoms with Crippen LogP contribution in [0.1, 0.15) is 5.56 Å². The Morgan fingerprint density at radius 3 is 2.50 bits per heavy atom. The molecule has 0 saturated heterocycles. The topological polar surface area (TPSA) is 29.5 Å². The average molecular weight is 281 g/mol. The molecule has 4 heteroatoms. The highest BCUT2D eigenvalue weighted by atomic mass is 35.5. The second-order valence-electron chi connectivity index (χ2n) is 3.69. The van der Waals surface area contributed by atoms with Crippen molar-refractivity contribution in [1.82, 2.24) is 0 Å². The Balaban J connectivity index is 2.22. The van der Waals surface area contributed by atoms with E-state index in [1.165, 1.54) is 4.90 Å². The molecule has 94 valence electrons. The Morgan fingerprint density at radius 1 is 1.17 bits per heavy atom. The zero-order valence-corrected chi connectivity index (χ0v) is 11.5. The SMILES string of the molecule is CSc1ccc(Oc2ccc(Cl)cc2CO)cc1. The molecule has 0 aliphatic carbocycles. The number of hydrogen-bond donors (Lipinski definition) is 1. The van der Waals surface area contributed by atoms with E-state index in [-0.39, 0.29) is 6.61 Å². The van der Waals surface area contributed by atoms with Crippen LogP contribution in [-0.2, 0) is 6.61 Å². The molecule has 2 aromatic carbocycles. The fourth-order valence-electron chi connectivity index (χ4n) is 1.54. The molecule has 0 amide bonds. The maximum absolute atomic E-state index is 9.26. The van der Waals surface area contributed by atoms with Gasteiger partial charge in [0.25, 0.3) is 0 Å². The molecule has 0 bridgehead atoms. The van der Waals surface area contributed by atoms with Gasteiger partial charge in [0.1, 0.15) is 11.5 Å². The molecule has 1 N–H and O–H groups in total. The second kappa shape index (κ2) is 6.14. The van der Waals surface area contributed by atoms with Gasteiger partial charge >= 0.3 is 0 Å². The maximum atomic E-state index is 9.26. The van der Waals surface area contributed by atoms with E-state index in [4.69, 9.17) is 16.3 Å². The molecule has 0 spiro atoms. The monoisotopic (exact) mass is 280 g/mol. The number of ether oxygens (including phenoxy) is 1. The Hall–Kier alpha value is -1.16. The standard InChI is InChI=1S/C14H13ClO2S/c1-18-13-5-3-12(4-6-13)17-14-7-2-11(15)8-10(14)9-16/h2-8,16H,9H2,1H3. The number of halogens is 1. The Morgan fingerprint density at radius 2 is 1.89 bits per heavy atom. The van der Waals surface area contributed by atoms with Gasteiger partial charge in [-0.3, -0.25) is 0 Å². The number of aliphatic hydroxyl groups is 1. The molecule has 0 heterocycles. The van der Waals surface area contributed by atoms with E-state index in [9.17, 15) is 5.11 Å². The molecule has 2 nitrogen and oxygen atoms in total. The number of benzene rings is 2. The third kappa shape index (κ3) is 3.19. The van der Waals surface area contributed by atoms with Gasteiger partial charge in [0.05, 0.1) is 6.61 Å². The van der Waals surface area contributed by atoms with Crippen LogP contribution in [0.4, 0.5) is 0 Å². The largest absolute Gasteiger partial charge is 0.457 e. The number of rotatable bonds is 4. The normalized spacial score (nSPS) is 10.4. The molecule has 0 unspecified atom stereocenters. The lowest BCUT2D eigenvalue weighted by Gasteiger charge is -2.10. The van der Waals surface area contributed by atoms with E-state index in [2.05, 4.69) is 0 Å². The van der Waals surface area contributed by atoms with Gasteiger partial charge < -0.3 is 9.84 Å². The molecule has 0 aliphatic heterocycles. The first-order valence-corrected chi connectivity index (χ1v) is 7.04. The van der Waals surface area contributed by atoms with Crippen LogP contribution >= 0.6 is 23.4 Å². The van der Waals surface area contributed by atoms with Crippen molar-refractivity contribution in [2.24, 2.45) is 0 Å². The Labute approximate surface area is 116 Å². The van der Waals surface area contributed by atoms with Crippen molar-refractivity contribution in [2.75, 3.05) is 6.26 Å². The van der Waals surface area contributed by atoms with E-state index < -0.39 is 0 Å². The number of hydrogen-bond acceptors (Lipinski definition) is 3. The van der Waals surface area contributed by atoms with E-state index in [1.54, 1.807) is 30.0 Å². The summed E-state index contributed by atoms with van der Waals surface area (Å²) in [5.41, 5.74) is 0.677. The molecule has 2 rings (SSSR count). The summed E-state index contributed by atoms with van der Waals surface area (Å²) in [4.78, 5) is 1.18.